The predicted octanol–water partition coefficient (Wildman–Crippen LogP) is 2.86. The van der Waals surface area contributed by atoms with E-state index in [1.54, 1.807) is 14.2 Å². The number of benzene rings is 1. The maximum atomic E-state index is 10.5. The Hall–Kier alpha value is -1.26. The zero-order valence-electron chi connectivity index (χ0n) is 13.3. The quantitative estimate of drug-likeness (QED) is 0.839. The van der Waals surface area contributed by atoms with Gasteiger partial charge in [-0.25, -0.2) is 0 Å². The van der Waals surface area contributed by atoms with E-state index in [4.69, 9.17) is 9.47 Å². The molecule has 0 saturated heterocycles. The van der Waals surface area contributed by atoms with Gasteiger partial charge in [-0.05, 0) is 37.9 Å². The van der Waals surface area contributed by atoms with Crippen molar-refractivity contribution in [3.8, 4) is 11.5 Å². The summed E-state index contributed by atoms with van der Waals surface area (Å²) >= 11 is 0. The zero-order valence-corrected chi connectivity index (χ0v) is 13.3. The lowest BCUT2D eigenvalue weighted by Gasteiger charge is -2.24. The smallest absolute Gasteiger partial charge is 0.128 e. The van der Waals surface area contributed by atoms with E-state index in [2.05, 4.69) is 11.9 Å². The molecule has 0 aliphatic heterocycles. The van der Waals surface area contributed by atoms with Crippen LogP contribution in [-0.2, 0) is 0 Å². The molecule has 0 aromatic heterocycles. The van der Waals surface area contributed by atoms with Crippen LogP contribution >= 0.6 is 0 Å². The number of methoxy groups -OCH3 is 2. The Labute approximate surface area is 127 Å². The summed E-state index contributed by atoms with van der Waals surface area (Å²) in [5.41, 5.74) is 0.816. The van der Waals surface area contributed by atoms with Crippen LogP contribution in [0.4, 0.5) is 0 Å². The maximum Gasteiger partial charge on any atom is 0.128 e. The summed E-state index contributed by atoms with van der Waals surface area (Å²) in [7, 11) is 5.32. The first kappa shape index (κ1) is 16.1. The lowest BCUT2D eigenvalue weighted by Crippen LogP contribution is -2.29. The first-order chi connectivity index (χ1) is 10.1. The molecular weight excluding hydrogens is 266 g/mol. The van der Waals surface area contributed by atoms with E-state index >= 15 is 0 Å². The number of ether oxygens (including phenoxy) is 2. The average Bonchev–Trinajstić information content (AvgIpc) is 2.99. The van der Waals surface area contributed by atoms with E-state index in [0.29, 0.717) is 12.3 Å². The van der Waals surface area contributed by atoms with Crippen molar-refractivity contribution in [2.45, 2.75) is 31.8 Å². The minimum absolute atomic E-state index is 0.544. The molecule has 0 radical (unpaired) electrons. The molecule has 1 N–H and O–H groups in total. The maximum absolute atomic E-state index is 10.5. The molecule has 0 bridgehead atoms. The minimum Gasteiger partial charge on any atom is -0.497 e. The molecule has 4 heteroatoms. The van der Waals surface area contributed by atoms with Crippen LogP contribution < -0.4 is 9.47 Å². The van der Waals surface area contributed by atoms with E-state index in [9.17, 15) is 5.11 Å². The van der Waals surface area contributed by atoms with E-state index in [0.717, 1.165) is 23.8 Å². The van der Waals surface area contributed by atoms with Crippen molar-refractivity contribution in [1.82, 2.24) is 4.90 Å². The number of rotatable bonds is 7. The third kappa shape index (κ3) is 4.35. The van der Waals surface area contributed by atoms with Gasteiger partial charge in [0.2, 0.25) is 0 Å². The third-order valence-electron chi connectivity index (χ3n) is 4.33. The molecular formula is C17H27NO3. The molecule has 1 unspecified atom stereocenters. The highest BCUT2D eigenvalue weighted by atomic mass is 16.5. The molecule has 0 heterocycles. The molecule has 1 aromatic rings. The van der Waals surface area contributed by atoms with Crippen LogP contribution in [0.15, 0.2) is 18.2 Å². The SMILES string of the molecule is COc1ccc(C(O)CN(C)CC2CCCC2)c(OC)c1. The Morgan fingerprint density at radius 2 is 1.95 bits per heavy atom. The summed E-state index contributed by atoms with van der Waals surface area (Å²) in [5.74, 6) is 2.21. The number of aliphatic hydroxyl groups excluding tert-OH is 1. The second-order valence-corrected chi connectivity index (χ2v) is 6.00. The second-order valence-electron chi connectivity index (χ2n) is 6.00. The molecule has 21 heavy (non-hydrogen) atoms. The molecule has 1 saturated carbocycles. The molecule has 1 aromatic carbocycles. The number of aliphatic hydroxyl groups is 1. The molecule has 1 fully saturated rings. The molecule has 4 nitrogen and oxygen atoms in total. The summed E-state index contributed by atoms with van der Waals surface area (Å²) in [4.78, 5) is 2.23. The Balaban J connectivity index is 1.96. The molecule has 2 rings (SSSR count). The van der Waals surface area contributed by atoms with Crippen LogP contribution in [0.5, 0.6) is 11.5 Å². The monoisotopic (exact) mass is 293 g/mol. The van der Waals surface area contributed by atoms with Crippen LogP contribution in [0.3, 0.4) is 0 Å². The van der Waals surface area contributed by atoms with Crippen molar-refractivity contribution in [1.29, 1.82) is 0 Å². The van der Waals surface area contributed by atoms with Gasteiger partial charge >= 0.3 is 0 Å². The first-order valence-electron chi connectivity index (χ1n) is 7.72. The van der Waals surface area contributed by atoms with Gasteiger partial charge in [-0.2, -0.15) is 0 Å². The van der Waals surface area contributed by atoms with Crippen molar-refractivity contribution in [3.63, 3.8) is 0 Å². The molecule has 1 aliphatic rings. The molecule has 0 amide bonds. The van der Waals surface area contributed by atoms with Gasteiger partial charge in [0.05, 0.1) is 20.3 Å². The van der Waals surface area contributed by atoms with Crippen LogP contribution in [0.25, 0.3) is 0 Å². The van der Waals surface area contributed by atoms with Gasteiger partial charge in [-0.1, -0.05) is 12.8 Å². The normalized spacial score (nSPS) is 17.2. The van der Waals surface area contributed by atoms with Crippen LogP contribution in [0.2, 0.25) is 0 Å². The average molecular weight is 293 g/mol. The van der Waals surface area contributed by atoms with Gasteiger partial charge in [0.25, 0.3) is 0 Å². The van der Waals surface area contributed by atoms with Crippen LogP contribution in [-0.4, -0.2) is 44.4 Å². The summed E-state index contributed by atoms with van der Waals surface area (Å²) in [6.45, 7) is 1.69. The van der Waals surface area contributed by atoms with E-state index in [1.165, 1.54) is 25.7 Å². The van der Waals surface area contributed by atoms with Gasteiger partial charge < -0.3 is 19.5 Å². The van der Waals surface area contributed by atoms with Crippen molar-refractivity contribution < 1.29 is 14.6 Å². The fourth-order valence-corrected chi connectivity index (χ4v) is 3.20. The van der Waals surface area contributed by atoms with Gasteiger partial charge in [-0.15, -0.1) is 0 Å². The highest BCUT2D eigenvalue weighted by Crippen LogP contribution is 2.30. The highest BCUT2D eigenvalue weighted by Gasteiger charge is 2.20. The number of nitrogens with zero attached hydrogens (tertiary/aromatic N) is 1. The van der Waals surface area contributed by atoms with Gasteiger partial charge in [-0.3, -0.25) is 0 Å². The Bertz CT molecular complexity index is 444. The lowest BCUT2D eigenvalue weighted by atomic mass is 10.1. The summed E-state index contributed by atoms with van der Waals surface area (Å²) in [6, 6.07) is 5.55. The number of likely N-dealkylation sites (N-methyl/N-ethyl adjacent to an activating group) is 1. The summed E-state index contributed by atoms with van der Waals surface area (Å²) < 4.78 is 10.6. The van der Waals surface area contributed by atoms with Gasteiger partial charge in [0, 0.05) is 24.7 Å². The predicted molar refractivity (Wildman–Crippen MR) is 84.0 cm³/mol. The van der Waals surface area contributed by atoms with Crippen LogP contribution in [0.1, 0.15) is 37.4 Å². The van der Waals surface area contributed by atoms with E-state index in [-0.39, 0.29) is 0 Å². The second kappa shape index (κ2) is 7.66. The van der Waals surface area contributed by atoms with Crippen molar-refractivity contribution in [2.75, 3.05) is 34.4 Å². The standard InChI is InChI=1S/C17H27NO3/c1-18(11-13-6-4-5-7-13)12-16(19)15-9-8-14(20-2)10-17(15)21-3/h8-10,13,16,19H,4-7,11-12H2,1-3H3. The number of hydrogen-bond donors (Lipinski definition) is 1. The number of hydrogen-bond acceptors (Lipinski definition) is 4. The largest absolute Gasteiger partial charge is 0.497 e. The van der Waals surface area contributed by atoms with Crippen molar-refractivity contribution in [2.24, 2.45) is 5.92 Å². The lowest BCUT2D eigenvalue weighted by molar-refractivity contribution is 0.116. The Morgan fingerprint density at radius 1 is 1.24 bits per heavy atom. The first-order valence-corrected chi connectivity index (χ1v) is 7.72. The fraction of sp³-hybridized carbons (Fsp3) is 0.647. The van der Waals surface area contributed by atoms with Gasteiger partial charge in [0.1, 0.15) is 11.5 Å². The van der Waals surface area contributed by atoms with Crippen molar-refractivity contribution in [3.05, 3.63) is 23.8 Å². The third-order valence-corrected chi connectivity index (χ3v) is 4.33. The molecule has 1 atom stereocenters. The minimum atomic E-state index is -0.544. The topological polar surface area (TPSA) is 41.9 Å². The molecule has 1 aliphatic carbocycles. The Kier molecular flexibility index (Phi) is 5.88. The highest BCUT2D eigenvalue weighted by molar-refractivity contribution is 5.42. The summed E-state index contributed by atoms with van der Waals surface area (Å²) in [5, 5.41) is 10.5. The Morgan fingerprint density at radius 3 is 2.57 bits per heavy atom. The molecule has 0 spiro atoms. The fourth-order valence-electron chi connectivity index (χ4n) is 3.20. The summed E-state index contributed by atoms with van der Waals surface area (Å²) in [6.07, 6.45) is 4.82. The van der Waals surface area contributed by atoms with Crippen LogP contribution in [0, 0.1) is 5.92 Å². The zero-order chi connectivity index (χ0) is 15.2. The van der Waals surface area contributed by atoms with E-state index in [1.807, 2.05) is 18.2 Å². The molecule has 118 valence electrons. The van der Waals surface area contributed by atoms with E-state index < -0.39 is 6.10 Å². The van der Waals surface area contributed by atoms with Gasteiger partial charge in [0.15, 0.2) is 0 Å². The van der Waals surface area contributed by atoms with Crippen molar-refractivity contribution >= 4 is 0 Å².